The average Bonchev–Trinajstić information content (AvgIpc) is 3.45. The Balaban J connectivity index is 1.87. The van der Waals surface area contributed by atoms with Crippen molar-refractivity contribution in [3.63, 3.8) is 0 Å². The van der Waals surface area contributed by atoms with Gasteiger partial charge in [0.1, 0.15) is 24.7 Å². The second-order valence-electron chi connectivity index (χ2n) is 15.5. The molecule has 0 bridgehead atoms. The van der Waals surface area contributed by atoms with E-state index in [1.807, 2.05) is 0 Å². The lowest BCUT2D eigenvalue weighted by Gasteiger charge is -2.24. The van der Waals surface area contributed by atoms with Gasteiger partial charge in [-0.2, -0.15) is 0 Å². The largest absolute Gasteiger partial charge is 0.493 e. The van der Waals surface area contributed by atoms with E-state index in [2.05, 4.69) is 106 Å². The highest BCUT2D eigenvalue weighted by molar-refractivity contribution is 7.16. The van der Waals surface area contributed by atoms with Gasteiger partial charge in [0, 0.05) is 16.5 Å². The van der Waals surface area contributed by atoms with Crippen LogP contribution in [0.15, 0.2) is 36.4 Å². The first kappa shape index (κ1) is 37.2. The number of unbranched alkanes of at least 4 members (excludes halogenated alkanes) is 2. The van der Waals surface area contributed by atoms with Gasteiger partial charge in [-0.05, 0) is 71.6 Å². The predicted octanol–water partition coefficient (Wildman–Crippen LogP) is 12.6. The maximum Gasteiger partial charge on any atom is 0.180 e. The van der Waals surface area contributed by atoms with Crippen molar-refractivity contribution in [3.05, 3.63) is 46.8 Å². The quantitative estimate of drug-likeness (QED) is 0.153. The number of hydrogen-bond donors (Lipinski definition) is 0. The number of rotatable bonds is 16. The molecule has 0 saturated carbocycles. The van der Waals surface area contributed by atoms with Gasteiger partial charge in [0.2, 0.25) is 0 Å². The highest BCUT2D eigenvalue weighted by Crippen LogP contribution is 2.54. The molecule has 2 unspecified atom stereocenters. The van der Waals surface area contributed by atoms with E-state index in [4.69, 9.17) is 18.9 Å². The molecule has 5 heteroatoms. The van der Waals surface area contributed by atoms with Gasteiger partial charge in [-0.3, -0.25) is 0 Å². The van der Waals surface area contributed by atoms with E-state index in [9.17, 15) is 0 Å². The fraction of sp³-hybridized carbons (Fsp3) is 0.619. The van der Waals surface area contributed by atoms with Crippen molar-refractivity contribution in [3.8, 4) is 44.6 Å². The monoisotopic (exact) mass is 662 g/mol. The van der Waals surface area contributed by atoms with Gasteiger partial charge in [0.25, 0.3) is 0 Å². The molecule has 2 aromatic carbocycles. The van der Waals surface area contributed by atoms with Gasteiger partial charge in [0.05, 0.1) is 23.0 Å². The van der Waals surface area contributed by atoms with Gasteiger partial charge in [-0.25, -0.2) is 0 Å². The molecule has 2 heterocycles. The van der Waals surface area contributed by atoms with Crippen molar-refractivity contribution in [2.24, 2.45) is 11.8 Å². The van der Waals surface area contributed by atoms with E-state index in [0.717, 1.165) is 64.0 Å². The normalized spacial score (nSPS) is 14.6. The molecule has 0 aliphatic carbocycles. The molecule has 2 atom stereocenters. The molecule has 1 aliphatic rings. The lowest BCUT2D eigenvalue weighted by atomic mass is 9.85. The molecular formula is C42H62O4S. The zero-order valence-electron chi connectivity index (χ0n) is 31.1. The third-order valence-corrected chi connectivity index (χ3v) is 11.1. The average molecular weight is 663 g/mol. The summed E-state index contributed by atoms with van der Waals surface area (Å²) >= 11 is 1.79. The van der Waals surface area contributed by atoms with Crippen LogP contribution in [0.25, 0.3) is 21.6 Å². The Morgan fingerprint density at radius 1 is 0.681 bits per heavy atom. The Morgan fingerprint density at radius 2 is 1.21 bits per heavy atom. The summed E-state index contributed by atoms with van der Waals surface area (Å²) in [5, 5.41) is 0. The molecule has 47 heavy (non-hydrogen) atoms. The van der Waals surface area contributed by atoms with Crippen molar-refractivity contribution in [1.82, 2.24) is 0 Å². The number of hydrogen-bond acceptors (Lipinski definition) is 5. The zero-order valence-corrected chi connectivity index (χ0v) is 32.0. The topological polar surface area (TPSA) is 36.9 Å². The molecule has 3 aromatic rings. The van der Waals surface area contributed by atoms with Crippen LogP contribution in [0.4, 0.5) is 0 Å². The molecule has 4 nitrogen and oxygen atoms in total. The molecule has 0 radical (unpaired) electrons. The van der Waals surface area contributed by atoms with E-state index in [1.165, 1.54) is 49.0 Å². The maximum absolute atomic E-state index is 6.78. The Morgan fingerprint density at radius 3 is 1.72 bits per heavy atom. The molecular weight excluding hydrogens is 601 g/mol. The molecule has 1 aliphatic heterocycles. The van der Waals surface area contributed by atoms with Gasteiger partial charge >= 0.3 is 0 Å². The summed E-state index contributed by atoms with van der Waals surface area (Å²) in [7, 11) is 0. The standard InChI is InChI=1S/C42H62O4S/c1-11-15-17-29(13-3)27-45-35-21-19-31(39-37-38(44-24-23-43-37)40(47-39)42(8,9)10)25-33(35)34-26-32(41(5,6)7)20-22-36(34)46-28-30(14-4)18-16-12-2/h19-22,25-26,29-30H,11-18,23-24,27-28H2,1-10H3. The van der Waals surface area contributed by atoms with Crippen LogP contribution in [0.3, 0.4) is 0 Å². The summed E-state index contributed by atoms with van der Waals surface area (Å²) in [6.07, 6.45) is 9.52. The van der Waals surface area contributed by atoms with E-state index < -0.39 is 0 Å². The SMILES string of the molecule is CCCCC(CC)COc1ccc(-c2sc(C(C)(C)C)c3c2OCCO3)cc1-c1cc(C(C)(C)C)ccc1OCC(CC)CCCC. The molecule has 0 saturated heterocycles. The van der Waals surface area contributed by atoms with Crippen LogP contribution >= 0.6 is 11.3 Å². The molecule has 0 spiro atoms. The lowest BCUT2D eigenvalue weighted by Crippen LogP contribution is -2.18. The summed E-state index contributed by atoms with van der Waals surface area (Å²) in [6.45, 7) is 25.3. The van der Waals surface area contributed by atoms with Gasteiger partial charge in [0.15, 0.2) is 11.5 Å². The second kappa shape index (κ2) is 16.6. The minimum atomic E-state index is -0.0527. The van der Waals surface area contributed by atoms with Crippen LogP contribution in [0.1, 0.15) is 131 Å². The van der Waals surface area contributed by atoms with Crippen LogP contribution in [0, 0.1) is 11.8 Å². The van der Waals surface area contributed by atoms with Gasteiger partial charge < -0.3 is 18.9 Å². The number of thiophene rings is 1. The third-order valence-electron chi connectivity index (χ3n) is 9.49. The summed E-state index contributed by atoms with van der Waals surface area (Å²) in [5.41, 5.74) is 4.51. The van der Waals surface area contributed by atoms with Gasteiger partial charge in [-0.1, -0.05) is 114 Å². The van der Waals surface area contributed by atoms with Crippen molar-refractivity contribution in [1.29, 1.82) is 0 Å². The third kappa shape index (κ3) is 9.49. The van der Waals surface area contributed by atoms with E-state index in [1.54, 1.807) is 11.3 Å². The van der Waals surface area contributed by atoms with Crippen molar-refractivity contribution in [2.75, 3.05) is 26.4 Å². The minimum Gasteiger partial charge on any atom is -0.493 e. The van der Waals surface area contributed by atoms with Crippen LogP contribution in [0.5, 0.6) is 23.0 Å². The van der Waals surface area contributed by atoms with E-state index in [-0.39, 0.29) is 10.8 Å². The lowest BCUT2D eigenvalue weighted by molar-refractivity contribution is 0.171. The van der Waals surface area contributed by atoms with Crippen LogP contribution in [0.2, 0.25) is 0 Å². The summed E-state index contributed by atoms with van der Waals surface area (Å²) in [6, 6.07) is 13.5. The summed E-state index contributed by atoms with van der Waals surface area (Å²) in [4.78, 5) is 2.34. The van der Waals surface area contributed by atoms with Crippen molar-refractivity contribution < 1.29 is 18.9 Å². The first-order valence-electron chi connectivity index (χ1n) is 18.4. The first-order chi connectivity index (χ1) is 22.4. The molecule has 0 fully saturated rings. The Kier molecular flexibility index (Phi) is 13.2. The zero-order chi connectivity index (χ0) is 34.2. The maximum atomic E-state index is 6.78. The fourth-order valence-corrected chi connectivity index (χ4v) is 7.43. The molecule has 4 rings (SSSR count). The Hall–Kier alpha value is -2.66. The number of ether oxygens (including phenoxy) is 4. The smallest absolute Gasteiger partial charge is 0.180 e. The van der Waals surface area contributed by atoms with Crippen molar-refractivity contribution in [2.45, 2.75) is 131 Å². The van der Waals surface area contributed by atoms with Crippen molar-refractivity contribution >= 4 is 11.3 Å². The Labute approximate surface area is 290 Å². The number of benzene rings is 2. The predicted molar refractivity (Wildman–Crippen MR) is 201 cm³/mol. The van der Waals surface area contributed by atoms with E-state index in [0.29, 0.717) is 31.7 Å². The molecule has 0 amide bonds. The highest BCUT2D eigenvalue weighted by atomic mass is 32.1. The number of fused-ring (bicyclic) bond motifs is 1. The highest BCUT2D eigenvalue weighted by Gasteiger charge is 2.32. The first-order valence-corrected chi connectivity index (χ1v) is 19.2. The van der Waals surface area contributed by atoms with Crippen LogP contribution in [-0.2, 0) is 10.8 Å². The van der Waals surface area contributed by atoms with Crippen LogP contribution in [-0.4, -0.2) is 26.4 Å². The summed E-state index contributed by atoms with van der Waals surface area (Å²) < 4.78 is 26.1. The molecule has 1 aromatic heterocycles. The Bertz CT molecular complexity index is 1420. The second-order valence-corrected chi connectivity index (χ2v) is 16.5. The summed E-state index contributed by atoms with van der Waals surface area (Å²) in [5.74, 6) is 4.70. The molecule has 260 valence electrons. The minimum absolute atomic E-state index is 0.00787. The van der Waals surface area contributed by atoms with Crippen LogP contribution < -0.4 is 18.9 Å². The van der Waals surface area contributed by atoms with Gasteiger partial charge in [-0.15, -0.1) is 11.3 Å². The fourth-order valence-electron chi connectivity index (χ4n) is 6.19. The van der Waals surface area contributed by atoms with E-state index >= 15 is 0 Å². The molecule has 0 N–H and O–H groups in total.